The standard InChI is InChI=1S/C16H30N4O2/c1-11(6-15(5)21)8-17-16(22)18-9-12(2)10-20-14(4)7-13(3)19-20/h7,11-12,15,21H,6,8-10H2,1-5H3,(H2,17,18,22). The number of hydrogen-bond donors (Lipinski definition) is 3. The van der Waals surface area contributed by atoms with Gasteiger partial charge in [0, 0.05) is 25.3 Å². The van der Waals surface area contributed by atoms with Crippen molar-refractivity contribution in [3.8, 4) is 0 Å². The minimum absolute atomic E-state index is 0.155. The van der Waals surface area contributed by atoms with Gasteiger partial charge in [0.15, 0.2) is 0 Å². The maximum absolute atomic E-state index is 11.8. The number of aryl methyl sites for hydroxylation is 2. The fourth-order valence-electron chi connectivity index (χ4n) is 2.48. The number of aliphatic hydroxyl groups excluding tert-OH is 1. The fraction of sp³-hybridized carbons (Fsp3) is 0.750. The molecule has 0 radical (unpaired) electrons. The van der Waals surface area contributed by atoms with Crippen LogP contribution in [0, 0.1) is 25.7 Å². The molecule has 3 N–H and O–H groups in total. The summed E-state index contributed by atoms with van der Waals surface area (Å²) in [6.45, 7) is 11.9. The summed E-state index contributed by atoms with van der Waals surface area (Å²) in [7, 11) is 0. The summed E-state index contributed by atoms with van der Waals surface area (Å²) in [6.07, 6.45) is 0.356. The highest BCUT2D eigenvalue weighted by Crippen LogP contribution is 2.06. The average Bonchev–Trinajstić information content (AvgIpc) is 2.71. The molecule has 0 saturated heterocycles. The highest BCUT2D eigenvalue weighted by Gasteiger charge is 2.10. The van der Waals surface area contributed by atoms with Crippen molar-refractivity contribution in [1.29, 1.82) is 0 Å². The highest BCUT2D eigenvalue weighted by molar-refractivity contribution is 5.73. The van der Waals surface area contributed by atoms with Gasteiger partial charge in [-0.3, -0.25) is 4.68 Å². The molecule has 22 heavy (non-hydrogen) atoms. The molecule has 0 spiro atoms. The van der Waals surface area contributed by atoms with Crippen molar-refractivity contribution in [2.24, 2.45) is 11.8 Å². The van der Waals surface area contributed by atoms with E-state index in [0.29, 0.717) is 25.4 Å². The van der Waals surface area contributed by atoms with Crippen LogP contribution >= 0.6 is 0 Å². The number of aliphatic hydroxyl groups is 1. The molecule has 6 nitrogen and oxygen atoms in total. The lowest BCUT2D eigenvalue weighted by atomic mass is 10.1. The van der Waals surface area contributed by atoms with Crippen LogP contribution in [0.5, 0.6) is 0 Å². The number of nitrogens with one attached hydrogen (secondary N) is 2. The van der Waals surface area contributed by atoms with Crippen molar-refractivity contribution in [3.05, 3.63) is 17.5 Å². The van der Waals surface area contributed by atoms with E-state index in [0.717, 1.165) is 17.9 Å². The molecule has 0 aliphatic rings. The summed E-state index contributed by atoms with van der Waals surface area (Å²) in [5.41, 5.74) is 2.16. The van der Waals surface area contributed by atoms with Crippen molar-refractivity contribution in [2.45, 2.75) is 53.7 Å². The van der Waals surface area contributed by atoms with Crippen molar-refractivity contribution in [3.63, 3.8) is 0 Å². The van der Waals surface area contributed by atoms with E-state index in [4.69, 9.17) is 0 Å². The lowest BCUT2D eigenvalue weighted by Gasteiger charge is -2.17. The van der Waals surface area contributed by atoms with Gasteiger partial charge in [0.25, 0.3) is 0 Å². The fourth-order valence-corrected chi connectivity index (χ4v) is 2.48. The molecule has 3 unspecified atom stereocenters. The van der Waals surface area contributed by atoms with Crippen LogP contribution in [0.2, 0.25) is 0 Å². The molecule has 126 valence electrons. The van der Waals surface area contributed by atoms with Gasteiger partial charge in [-0.2, -0.15) is 5.10 Å². The highest BCUT2D eigenvalue weighted by atomic mass is 16.3. The van der Waals surface area contributed by atoms with E-state index in [9.17, 15) is 9.90 Å². The largest absolute Gasteiger partial charge is 0.393 e. The number of carbonyl (C=O) groups is 1. The van der Waals surface area contributed by atoms with Crippen molar-refractivity contribution >= 4 is 6.03 Å². The van der Waals surface area contributed by atoms with Crippen LogP contribution in [0.25, 0.3) is 0 Å². The molecule has 1 rings (SSSR count). The molecule has 0 aliphatic carbocycles. The summed E-state index contributed by atoms with van der Waals surface area (Å²) in [5, 5.41) is 19.4. The molecule has 0 aromatic carbocycles. The Labute approximate surface area is 133 Å². The summed E-state index contributed by atoms with van der Waals surface area (Å²) >= 11 is 0. The molecule has 3 atom stereocenters. The zero-order chi connectivity index (χ0) is 16.7. The van der Waals surface area contributed by atoms with Gasteiger partial charge in [-0.05, 0) is 45.1 Å². The van der Waals surface area contributed by atoms with E-state index in [-0.39, 0.29) is 18.1 Å². The van der Waals surface area contributed by atoms with Crippen LogP contribution in [0.3, 0.4) is 0 Å². The van der Waals surface area contributed by atoms with Gasteiger partial charge in [-0.1, -0.05) is 13.8 Å². The topological polar surface area (TPSA) is 79.2 Å². The van der Waals surface area contributed by atoms with E-state index in [2.05, 4.69) is 28.7 Å². The second-order valence-corrected chi connectivity index (χ2v) is 6.50. The molecular weight excluding hydrogens is 280 g/mol. The number of aromatic nitrogens is 2. The maximum Gasteiger partial charge on any atom is 0.314 e. The molecule has 2 amide bonds. The first-order chi connectivity index (χ1) is 10.3. The Hall–Kier alpha value is -1.56. The van der Waals surface area contributed by atoms with Crippen molar-refractivity contribution in [2.75, 3.05) is 13.1 Å². The Morgan fingerprint density at radius 3 is 2.32 bits per heavy atom. The van der Waals surface area contributed by atoms with Gasteiger partial charge in [0.05, 0.1) is 11.8 Å². The number of amides is 2. The van der Waals surface area contributed by atoms with E-state index in [1.165, 1.54) is 0 Å². The number of urea groups is 1. The lowest BCUT2D eigenvalue weighted by molar-refractivity contribution is 0.163. The van der Waals surface area contributed by atoms with Gasteiger partial charge in [-0.15, -0.1) is 0 Å². The van der Waals surface area contributed by atoms with Crippen molar-refractivity contribution in [1.82, 2.24) is 20.4 Å². The molecule has 0 fully saturated rings. The molecule has 1 heterocycles. The molecule has 0 aliphatic heterocycles. The number of carbonyl (C=O) groups excluding carboxylic acids is 1. The number of rotatable bonds is 8. The third kappa shape index (κ3) is 6.93. The van der Waals surface area contributed by atoms with E-state index < -0.39 is 0 Å². The summed E-state index contributed by atoms with van der Waals surface area (Å²) in [5.74, 6) is 0.566. The SMILES string of the molecule is Cc1cc(C)n(CC(C)CNC(=O)NCC(C)CC(C)O)n1. The first-order valence-corrected chi connectivity index (χ1v) is 7.98. The normalized spacial score (nSPS) is 15.2. The van der Waals surface area contributed by atoms with Gasteiger partial charge < -0.3 is 15.7 Å². The van der Waals surface area contributed by atoms with E-state index in [1.807, 2.05) is 25.5 Å². The van der Waals surface area contributed by atoms with Crippen LogP contribution in [0.1, 0.15) is 38.6 Å². The zero-order valence-corrected chi connectivity index (χ0v) is 14.4. The Morgan fingerprint density at radius 1 is 1.23 bits per heavy atom. The maximum atomic E-state index is 11.8. The Bertz CT molecular complexity index is 471. The molecule has 1 aromatic heterocycles. The third-order valence-corrected chi connectivity index (χ3v) is 3.55. The lowest BCUT2D eigenvalue weighted by Crippen LogP contribution is -2.40. The van der Waals surface area contributed by atoms with Crippen LogP contribution in [-0.2, 0) is 6.54 Å². The third-order valence-electron chi connectivity index (χ3n) is 3.55. The quantitative estimate of drug-likeness (QED) is 0.685. The molecule has 0 bridgehead atoms. The van der Waals surface area contributed by atoms with Crippen LogP contribution in [0.15, 0.2) is 6.07 Å². The summed E-state index contributed by atoms with van der Waals surface area (Å²) < 4.78 is 1.98. The van der Waals surface area contributed by atoms with E-state index in [1.54, 1.807) is 6.92 Å². The average molecular weight is 310 g/mol. The Morgan fingerprint density at radius 2 is 1.82 bits per heavy atom. The van der Waals surface area contributed by atoms with Gasteiger partial charge >= 0.3 is 6.03 Å². The Kier molecular flexibility index (Phi) is 7.38. The zero-order valence-electron chi connectivity index (χ0n) is 14.4. The smallest absolute Gasteiger partial charge is 0.314 e. The first kappa shape index (κ1) is 18.5. The van der Waals surface area contributed by atoms with Crippen molar-refractivity contribution < 1.29 is 9.90 Å². The van der Waals surface area contributed by atoms with E-state index >= 15 is 0 Å². The van der Waals surface area contributed by atoms with Crippen LogP contribution in [0.4, 0.5) is 4.79 Å². The predicted octanol–water partition coefficient (Wildman–Crippen LogP) is 1.84. The molecule has 0 saturated carbocycles. The monoisotopic (exact) mass is 310 g/mol. The van der Waals surface area contributed by atoms with Crippen LogP contribution in [-0.4, -0.2) is 40.1 Å². The van der Waals surface area contributed by atoms with Gasteiger partial charge in [-0.25, -0.2) is 4.79 Å². The Balaban J connectivity index is 2.24. The molecule has 6 heteroatoms. The number of hydrogen-bond acceptors (Lipinski definition) is 3. The minimum atomic E-state index is -0.333. The molecular formula is C16H30N4O2. The van der Waals surface area contributed by atoms with Gasteiger partial charge in [0.1, 0.15) is 0 Å². The molecule has 1 aromatic rings. The number of nitrogens with zero attached hydrogens (tertiary/aromatic N) is 2. The van der Waals surface area contributed by atoms with Gasteiger partial charge in [0.2, 0.25) is 0 Å². The predicted molar refractivity (Wildman–Crippen MR) is 87.7 cm³/mol. The summed E-state index contributed by atoms with van der Waals surface area (Å²) in [4.78, 5) is 11.8. The first-order valence-electron chi connectivity index (χ1n) is 7.98. The second kappa shape index (κ2) is 8.78. The summed E-state index contributed by atoms with van der Waals surface area (Å²) in [6, 6.07) is 1.90. The van der Waals surface area contributed by atoms with Crippen LogP contribution < -0.4 is 10.6 Å². The second-order valence-electron chi connectivity index (χ2n) is 6.50. The minimum Gasteiger partial charge on any atom is -0.393 e.